The number of nitrogens with two attached hydrogens (primary N) is 1. The highest BCUT2D eigenvalue weighted by Gasteiger charge is 2.39. The smallest absolute Gasteiger partial charge is 0.228 e. The Hall–Kier alpha value is -1.42. The monoisotopic (exact) mass is 222 g/mol. The summed E-state index contributed by atoms with van der Waals surface area (Å²) >= 11 is 0. The average molecular weight is 222 g/mol. The summed E-state index contributed by atoms with van der Waals surface area (Å²) in [6.07, 6.45) is 1.26. The van der Waals surface area contributed by atoms with E-state index in [-0.39, 0.29) is 11.7 Å². The highest BCUT2D eigenvalue weighted by Crippen LogP contribution is 2.33. The van der Waals surface area contributed by atoms with E-state index < -0.39 is 5.41 Å². The Labute approximate surface area is 93.8 Å². The number of halogens is 1. The Bertz CT molecular complexity index is 400. The molecule has 0 saturated carbocycles. The van der Waals surface area contributed by atoms with Crippen LogP contribution in [0, 0.1) is 5.82 Å². The molecule has 1 fully saturated rings. The zero-order valence-corrected chi connectivity index (χ0v) is 9.00. The molecule has 3 N–H and O–H groups in total. The Morgan fingerprint density at radius 3 is 2.62 bits per heavy atom. The molecule has 1 amide bonds. The molecule has 0 bridgehead atoms. The lowest BCUT2D eigenvalue weighted by Gasteiger charge is -2.35. The molecule has 1 aromatic carbocycles. The molecule has 0 atom stereocenters. The number of benzene rings is 1. The zero-order valence-electron chi connectivity index (χ0n) is 9.00. The van der Waals surface area contributed by atoms with Gasteiger partial charge in [0, 0.05) is 0 Å². The van der Waals surface area contributed by atoms with Crippen LogP contribution in [-0.2, 0) is 10.2 Å². The van der Waals surface area contributed by atoms with Gasteiger partial charge in [0.15, 0.2) is 0 Å². The first-order chi connectivity index (χ1) is 7.65. The van der Waals surface area contributed by atoms with Gasteiger partial charge in [-0.05, 0) is 43.6 Å². The van der Waals surface area contributed by atoms with Gasteiger partial charge in [0.2, 0.25) is 5.91 Å². The van der Waals surface area contributed by atoms with E-state index >= 15 is 0 Å². The number of rotatable bonds is 2. The second-order valence-corrected chi connectivity index (χ2v) is 4.21. The van der Waals surface area contributed by atoms with Crippen LogP contribution in [0.15, 0.2) is 24.3 Å². The Kier molecular flexibility index (Phi) is 2.92. The van der Waals surface area contributed by atoms with Crippen LogP contribution in [-0.4, -0.2) is 19.0 Å². The number of hydrogen-bond acceptors (Lipinski definition) is 2. The minimum absolute atomic E-state index is 0.323. The fourth-order valence-electron chi connectivity index (χ4n) is 2.32. The van der Waals surface area contributed by atoms with E-state index in [9.17, 15) is 9.18 Å². The average Bonchev–Trinajstić information content (AvgIpc) is 2.30. The quantitative estimate of drug-likeness (QED) is 0.782. The van der Waals surface area contributed by atoms with Crippen LogP contribution in [0.5, 0.6) is 0 Å². The lowest BCUT2D eigenvalue weighted by molar-refractivity contribution is -0.124. The van der Waals surface area contributed by atoms with Crippen molar-refractivity contribution in [1.29, 1.82) is 0 Å². The molecule has 2 rings (SSSR count). The van der Waals surface area contributed by atoms with E-state index in [0.29, 0.717) is 18.4 Å². The summed E-state index contributed by atoms with van der Waals surface area (Å²) in [6, 6.07) is 6.19. The summed E-state index contributed by atoms with van der Waals surface area (Å²) in [5.74, 6) is -0.684. The van der Waals surface area contributed by atoms with Crippen LogP contribution in [0.1, 0.15) is 18.4 Å². The Morgan fingerprint density at radius 1 is 1.38 bits per heavy atom. The van der Waals surface area contributed by atoms with Gasteiger partial charge in [-0.15, -0.1) is 0 Å². The van der Waals surface area contributed by atoms with Crippen molar-refractivity contribution < 1.29 is 9.18 Å². The van der Waals surface area contributed by atoms with Gasteiger partial charge in [-0.25, -0.2) is 4.39 Å². The standard InChI is InChI=1S/C12H15FN2O/c13-10-3-1-2-9(8-10)12(11(14)16)4-6-15-7-5-12/h1-3,8,15H,4-7H2,(H2,14,16). The number of piperidine rings is 1. The highest BCUT2D eigenvalue weighted by molar-refractivity contribution is 5.86. The molecule has 0 radical (unpaired) electrons. The molecule has 1 heterocycles. The third kappa shape index (κ3) is 1.80. The molecule has 0 aliphatic carbocycles. The van der Waals surface area contributed by atoms with Crippen LogP contribution in [0.2, 0.25) is 0 Å². The molecule has 1 saturated heterocycles. The lowest BCUT2D eigenvalue weighted by Crippen LogP contribution is -2.48. The van der Waals surface area contributed by atoms with Gasteiger partial charge in [0.25, 0.3) is 0 Å². The number of carbonyl (C=O) groups is 1. The molecule has 86 valence electrons. The summed E-state index contributed by atoms with van der Waals surface area (Å²) < 4.78 is 13.2. The van der Waals surface area contributed by atoms with Gasteiger partial charge < -0.3 is 11.1 Å². The molecule has 0 spiro atoms. The van der Waals surface area contributed by atoms with Gasteiger partial charge in [0.1, 0.15) is 5.82 Å². The molecule has 3 nitrogen and oxygen atoms in total. The maximum Gasteiger partial charge on any atom is 0.228 e. The molecule has 1 aromatic rings. The van der Waals surface area contributed by atoms with Gasteiger partial charge in [-0.2, -0.15) is 0 Å². The van der Waals surface area contributed by atoms with Gasteiger partial charge in [-0.1, -0.05) is 12.1 Å². The van der Waals surface area contributed by atoms with E-state index in [1.807, 2.05) is 0 Å². The van der Waals surface area contributed by atoms with Crippen LogP contribution >= 0.6 is 0 Å². The van der Waals surface area contributed by atoms with Crippen LogP contribution in [0.25, 0.3) is 0 Å². The molecule has 0 aromatic heterocycles. The minimum atomic E-state index is -0.701. The third-order valence-electron chi connectivity index (χ3n) is 3.31. The molecule has 16 heavy (non-hydrogen) atoms. The predicted molar refractivity (Wildman–Crippen MR) is 59.4 cm³/mol. The second kappa shape index (κ2) is 4.22. The first-order valence-corrected chi connectivity index (χ1v) is 5.42. The second-order valence-electron chi connectivity index (χ2n) is 4.21. The maximum absolute atomic E-state index is 13.2. The largest absolute Gasteiger partial charge is 0.369 e. The summed E-state index contributed by atoms with van der Waals surface area (Å²) in [5.41, 5.74) is 5.49. The number of carbonyl (C=O) groups excluding carboxylic acids is 1. The zero-order chi connectivity index (χ0) is 11.6. The fourth-order valence-corrected chi connectivity index (χ4v) is 2.32. The van der Waals surface area contributed by atoms with E-state index in [4.69, 9.17) is 5.73 Å². The van der Waals surface area contributed by atoms with Crippen molar-refractivity contribution in [3.05, 3.63) is 35.6 Å². The predicted octanol–water partition coefficient (Wildman–Crippen LogP) is 0.932. The lowest BCUT2D eigenvalue weighted by atomic mass is 9.72. The maximum atomic E-state index is 13.2. The Balaban J connectivity index is 2.42. The molecule has 1 aliphatic heterocycles. The van der Waals surface area contributed by atoms with E-state index in [1.165, 1.54) is 12.1 Å². The molecule has 4 heteroatoms. The summed E-state index contributed by atoms with van der Waals surface area (Å²) in [5, 5.41) is 3.18. The first kappa shape index (κ1) is 11.1. The molecular weight excluding hydrogens is 207 g/mol. The van der Waals surface area contributed by atoms with Crippen molar-refractivity contribution in [3.8, 4) is 0 Å². The first-order valence-electron chi connectivity index (χ1n) is 5.42. The SMILES string of the molecule is NC(=O)C1(c2cccc(F)c2)CCNCC1. The Morgan fingerprint density at radius 2 is 2.06 bits per heavy atom. The van der Waals surface area contributed by atoms with Gasteiger partial charge >= 0.3 is 0 Å². The van der Waals surface area contributed by atoms with E-state index in [2.05, 4.69) is 5.32 Å². The van der Waals surface area contributed by atoms with Crippen molar-refractivity contribution in [2.75, 3.05) is 13.1 Å². The van der Waals surface area contributed by atoms with Gasteiger partial charge in [0.05, 0.1) is 5.41 Å². The fraction of sp³-hybridized carbons (Fsp3) is 0.417. The number of amides is 1. The third-order valence-corrected chi connectivity index (χ3v) is 3.31. The van der Waals surface area contributed by atoms with Crippen molar-refractivity contribution >= 4 is 5.91 Å². The number of primary amides is 1. The van der Waals surface area contributed by atoms with Crippen molar-refractivity contribution in [2.45, 2.75) is 18.3 Å². The van der Waals surface area contributed by atoms with Crippen molar-refractivity contribution in [1.82, 2.24) is 5.32 Å². The summed E-state index contributed by atoms with van der Waals surface area (Å²) in [6.45, 7) is 1.47. The minimum Gasteiger partial charge on any atom is -0.369 e. The highest BCUT2D eigenvalue weighted by atomic mass is 19.1. The normalized spacial score (nSPS) is 19.3. The number of nitrogens with one attached hydrogen (secondary N) is 1. The molecule has 1 aliphatic rings. The van der Waals surface area contributed by atoms with Crippen LogP contribution in [0.3, 0.4) is 0 Å². The van der Waals surface area contributed by atoms with Crippen LogP contribution < -0.4 is 11.1 Å². The van der Waals surface area contributed by atoms with E-state index in [0.717, 1.165) is 13.1 Å². The van der Waals surface area contributed by atoms with E-state index in [1.54, 1.807) is 12.1 Å². The van der Waals surface area contributed by atoms with Crippen LogP contribution in [0.4, 0.5) is 4.39 Å². The molecule has 0 unspecified atom stereocenters. The summed E-state index contributed by atoms with van der Waals surface area (Å²) in [4.78, 5) is 11.7. The summed E-state index contributed by atoms with van der Waals surface area (Å²) in [7, 11) is 0. The molecular formula is C12H15FN2O. The number of hydrogen-bond donors (Lipinski definition) is 2. The van der Waals surface area contributed by atoms with Crippen molar-refractivity contribution in [3.63, 3.8) is 0 Å². The van der Waals surface area contributed by atoms with Crippen molar-refractivity contribution in [2.24, 2.45) is 5.73 Å². The van der Waals surface area contributed by atoms with Gasteiger partial charge in [-0.3, -0.25) is 4.79 Å². The topological polar surface area (TPSA) is 55.1 Å².